The highest BCUT2D eigenvalue weighted by Gasteiger charge is 2.72. The topological polar surface area (TPSA) is 75.0 Å². The molecule has 0 aliphatic heterocycles. The van der Waals surface area contributed by atoms with Crippen LogP contribution in [0.25, 0.3) is 0 Å². The fraction of sp³-hybridized carbons (Fsp3) is 0.176. The van der Waals surface area contributed by atoms with Gasteiger partial charge in [0, 0.05) is 5.92 Å². The molecule has 1 aliphatic rings. The van der Waals surface area contributed by atoms with Crippen molar-refractivity contribution in [2.24, 2.45) is 5.41 Å². The molecule has 2 aromatic carbocycles. The van der Waals surface area contributed by atoms with Crippen molar-refractivity contribution in [3.63, 3.8) is 0 Å². The van der Waals surface area contributed by atoms with Gasteiger partial charge in [-0.3, -0.25) is 0 Å². The molecule has 3 rings (SSSR count). The van der Waals surface area contributed by atoms with Gasteiger partial charge in [-0.1, -0.05) is 30.3 Å². The van der Waals surface area contributed by atoms with E-state index in [1.54, 1.807) is 18.2 Å². The number of carbonyl (C=O) groups is 1. The Bertz CT molecular complexity index is 905. The lowest BCUT2D eigenvalue weighted by molar-refractivity contribution is -0.110. The number of sulfone groups is 1. The lowest BCUT2D eigenvalue weighted by atomic mass is 10.0. The number of halogens is 1. The quantitative estimate of drug-likeness (QED) is 0.808. The number of benzene rings is 2. The van der Waals surface area contributed by atoms with Gasteiger partial charge in [0.15, 0.2) is 9.84 Å². The average Bonchev–Trinajstić information content (AvgIpc) is 3.26. The zero-order valence-electron chi connectivity index (χ0n) is 11.9. The van der Waals surface area contributed by atoms with Gasteiger partial charge in [-0.25, -0.2) is 12.8 Å². The zero-order chi connectivity index (χ0) is 16.7. The van der Waals surface area contributed by atoms with E-state index < -0.39 is 32.2 Å². The van der Waals surface area contributed by atoms with Crippen molar-refractivity contribution in [1.29, 1.82) is 5.26 Å². The summed E-state index contributed by atoms with van der Waals surface area (Å²) in [7, 11) is -3.88. The van der Waals surface area contributed by atoms with Crippen LogP contribution in [0.2, 0.25) is 0 Å². The molecule has 1 saturated carbocycles. The summed E-state index contributed by atoms with van der Waals surface area (Å²) in [6, 6.07) is 14.8. The maximum atomic E-state index is 13.4. The third kappa shape index (κ3) is 2.25. The molecule has 1 fully saturated rings. The minimum atomic E-state index is -3.88. The van der Waals surface area contributed by atoms with Crippen molar-refractivity contribution in [2.75, 3.05) is 0 Å². The van der Waals surface area contributed by atoms with Crippen molar-refractivity contribution in [1.82, 2.24) is 0 Å². The van der Waals surface area contributed by atoms with Crippen molar-refractivity contribution in [3.8, 4) is 6.07 Å². The molecule has 4 nitrogen and oxygen atoms in total. The van der Waals surface area contributed by atoms with Gasteiger partial charge in [-0.05, 0) is 29.8 Å². The predicted octanol–water partition coefficient (Wildman–Crippen LogP) is 2.47. The normalized spacial score (nSPS) is 26.3. The van der Waals surface area contributed by atoms with Crippen LogP contribution in [0.5, 0.6) is 0 Å². The predicted molar refractivity (Wildman–Crippen MR) is 80.7 cm³/mol. The van der Waals surface area contributed by atoms with Gasteiger partial charge in [-0.2, -0.15) is 5.26 Å². The number of rotatable bonds is 4. The Morgan fingerprint density at radius 1 is 1.13 bits per heavy atom. The summed E-state index contributed by atoms with van der Waals surface area (Å²) in [4.78, 5) is 11.5. The van der Waals surface area contributed by atoms with E-state index in [1.165, 1.54) is 36.4 Å². The van der Waals surface area contributed by atoms with E-state index in [0.29, 0.717) is 11.8 Å². The van der Waals surface area contributed by atoms with Gasteiger partial charge in [0.05, 0.1) is 11.0 Å². The summed E-state index contributed by atoms with van der Waals surface area (Å²) in [5, 5.41) is 8.19. The summed E-state index contributed by atoms with van der Waals surface area (Å²) in [6.07, 6.45) is 0.369. The molecule has 0 aromatic heterocycles. The first-order chi connectivity index (χ1) is 11.0. The van der Waals surface area contributed by atoms with Crippen molar-refractivity contribution in [3.05, 3.63) is 66.0 Å². The van der Waals surface area contributed by atoms with E-state index in [0.717, 1.165) is 0 Å². The van der Waals surface area contributed by atoms with Gasteiger partial charge >= 0.3 is 0 Å². The van der Waals surface area contributed by atoms with E-state index in [9.17, 15) is 22.9 Å². The lowest BCUT2D eigenvalue weighted by Crippen LogP contribution is -2.16. The molecule has 116 valence electrons. The Balaban J connectivity index is 2.11. The molecule has 0 bridgehead atoms. The number of nitriles is 1. The number of aldehydes is 1. The molecule has 0 heterocycles. The second kappa shape index (κ2) is 5.28. The van der Waals surface area contributed by atoms with Crippen molar-refractivity contribution in [2.45, 2.75) is 16.1 Å². The molecule has 23 heavy (non-hydrogen) atoms. The van der Waals surface area contributed by atoms with E-state index >= 15 is 0 Å². The zero-order valence-corrected chi connectivity index (χ0v) is 12.7. The van der Waals surface area contributed by atoms with Crippen LogP contribution in [0, 0.1) is 22.6 Å². The second-order valence-corrected chi connectivity index (χ2v) is 7.54. The summed E-state index contributed by atoms with van der Waals surface area (Å²) >= 11 is 0. The van der Waals surface area contributed by atoms with Crippen LogP contribution in [-0.2, 0) is 14.6 Å². The highest BCUT2D eigenvalue weighted by atomic mass is 32.2. The molecular weight excluding hydrogens is 317 g/mol. The molecule has 0 spiro atoms. The van der Waals surface area contributed by atoms with E-state index in [4.69, 9.17) is 0 Å². The van der Waals surface area contributed by atoms with Gasteiger partial charge < -0.3 is 4.79 Å². The molecular formula is C17H12FNO3S. The van der Waals surface area contributed by atoms with Crippen LogP contribution in [0.4, 0.5) is 4.39 Å². The third-order valence-electron chi connectivity index (χ3n) is 4.18. The van der Waals surface area contributed by atoms with Crippen LogP contribution in [-0.4, -0.2) is 20.0 Å². The maximum absolute atomic E-state index is 13.4. The van der Waals surface area contributed by atoms with Crippen LogP contribution in [0.3, 0.4) is 0 Å². The molecule has 0 radical (unpaired) electrons. The molecule has 0 saturated heterocycles. The first-order valence-corrected chi connectivity index (χ1v) is 8.44. The fourth-order valence-corrected chi connectivity index (χ4v) is 5.28. The van der Waals surface area contributed by atoms with Crippen LogP contribution in [0.1, 0.15) is 11.5 Å². The Morgan fingerprint density at radius 2 is 1.83 bits per heavy atom. The first kappa shape index (κ1) is 15.4. The summed E-state index contributed by atoms with van der Waals surface area (Å²) in [5.41, 5.74) is -1.34. The summed E-state index contributed by atoms with van der Waals surface area (Å²) < 4.78 is 39.0. The van der Waals surface area contributed by atoms with Gasteiger partial charge in [0.2, 0.25) is 0 Å². The molecule has 0 unspecified atom stereocenters. The number of hydrogen-bond donors (Lipinski definition) is 0. The molecule has 3 atom stereocenters. The van der Waals surface area contributed by atoms with E-state index in [-0.39, 0.29) is 4.90 Å². The third-order valence-corrected chi connectivity index (χ3v) is 6.44. The van der Waals surface area contributed by atoms with Crippen molar-refractivity contribution < 1.29 is 17.6 Å². The highest BCUT2D eigenvalue weighted by Crippen LogP contribution is 2.62. The molecule has 0 amide bonds. The van der Waals surface area contributed by atoms with E-state index in [2.05, 4.69) is 0 Å². The van der Waals surface area contributed by atoms with Crippen LogP contribution in [0.15, 0.2) is 59.5 Å². The SMILES string of the molecule is N#C[C@]1(C=O)[C@@H](c2cccc(F)c2)[C@@H]1S(=O)(=O)c1ccccc1. The van der Waals surface area contributed by atoms with Crippen LogP contribution >= 0.6 is 0 Å². The van der Waals surface area contributed by atoms with Gasteiger partial charge in [-0.15, -0.1) is 0 Å². The summed E-state index contributed by atoms with van der Waals surface area (Å²) in [6.45, 7) is 0. The molecule has 0 N–H and O–H groups in total. The molecule has 6 heteroatoms. The Morgan fingerprint density at radius 3 is 2.39 bits per heavy atom. The number of nitrogens with zero attached hydrogens (tertiary/aromatic N) is 1. The van der Waals surface area contributed by atoms with Crippen molar-refractivity contribution >= 4 is 16.1 Å². The smallest absolute Gasteiger partial charge is 0.183 e. The Kier molecular flexibility index (Phi) is 3.53. The largest absolute Gasteiger partial charge is 0.302 e. The van der Waals surface area contributed by atoms with E-state index in [1.807, 2.05) is 6.07 Å². The number of hydrogen-bond acceptors (Lipinski definition) is 4. The molecule has 1 aliphatic carbocycles. The average molecular weight is 329 g/mol. The highest BCUT2D eigenvalue weighted by molar-refractivity contribution is 7.92. The van der Waals surface area contributed by atoms with Gasteiger partial charge in [0.1, 0.15) is 22.8 Å². The maximum Gasteiger partial charge on any atom is 0.183 e. The van der Waals surface area contributed by atoms with Crippen LogP contribution < -0.4 is 0 Å². The standard InChI is InChI=1S/C17H12FNO3S/c18-13-6-4-5-12(9-13)15-16(17(15,10-19)11-20)23(21,22)14-7-2-1-3-8-14/h1-9,11,15-16H/t15-,16-,17-/m0/s1. The Hall–Kier alpha value is -2.52. The van der Waals surface area contributed by atoms with Gasteiger partial charge in [0.25, 0.3) is 0 Å². The fourth-order valence-electron chi connectivity index (χ4n) is 3.02. The Labute approximate surface area is 133 Å². The molecule has 2 aromatic rings. The minimum absolute atomic E-state index is 0.0466. The summed E-state index contributed by atoms with van der Waals surface area (Å²) in [5.74, 6) is -1.41. The number of carbonyl (C=O) groups excluding carboxylic acids is 1. The minimum Gasteiger partial charge on any atom is -0.302 e. The lowest BCUT2D eigenvalue weighted by Gasteiger charge is -2.04. The first-order valence-electron chi connectivity index (χ1n) is 6.89. The second-order valence-electron chi connectivity index (χ2n) is 5.47. The monoisotopic (exact) mass is 329 g/mol.